The molecule has 0 heterocycles. The van der Waals surface area contributed by atoms with Crippen molar-refractivity contribution in [2.75, 3.05) is 6.54 Å². The molecule has 0 aliphatic carbocycles. The molecule has 0 radical (unpaired) electrons. The maximum absolute atomic E-state index is 3.08. The van der Waals surface area contributed by atoms with Crippen molar-refractivity contribution in [3.63, 3.8) is 0 Å². The molecule has 0 saturated carbocycles. The first kappa shape index (κ1) is 9.43. The molecule has 0 rings (SSSR count). The number of rotatable bonds is 5. The molecular weight excluding hydrogens is 225 g/mol. The molecule has 1 nitrogen and oxygen atoms in total. The monoisotopic (exact) mass is 239 g/mol. The van der Waals surface area contributed by atoms with Crippen LogP contribution in [0, 0.1) is 0 Å². The lowest BCUT2D eigenvalue weighted by atomic mass is 10.3. The zero-order chi connectivity index (χ0) is 6.95. The molecule has 0 bridgehead atoms. The lowest BCUT2D eigenvalue weighted by Gasteiger charge is -1.90. The van der Waals surface area contributed by atoms with Gasteiger partial charge in [-0.2, -0.15) is 0 Å². The van der Waals surface area contributed by atoms with Crippen LogP contribution in [0.5, 0.6) is 0 Å². The molecular formula is C7H14IN. The summed E-state index contributed by atoms with van der Waals surface area (Å²) in [5.74, 6) is 0. The third-order valence-corrected chi connectivity index (χ3v) is 1.58. The summed E-state index contributed by atoms with van der Waals surface area (Å²) in [5, 5.41) is 0. The fraction of sp³-hybridized carbons (Fsp3) is 0.714. The Bertz CT molecular complexity index is 71.3. The van der Waals surface area contributed by atoms with Gasteiger partial charge in [-0.05, 0) is 19.3 Å². The first-order valence-corrected chi connectivity index (χ1v) is 4.48. The van der Waals surface area contributed by atoms with E-state index in [1.807, 2.05) is 0 Å². The van der Waals surface area contributed by atoms with Crippen LogP contribution in [0.1, 0.15) is 26.2 Å². The summed E-state index contributed by atoms with van der Waals surface area (Å²) >= 11 is 2.17. The number of hydrogen-bond donors (Lipinski definition) is 1. The summed E-state index contributed by atoms with van der Waals surface area (Å²) in [6.07, 6.45) is 8.09. The van der Waals surface area contributed by atoms with E-state index in [0.29, 0.717) is 0 Å². The highest BCUT2D eigenvalue weighted by atomic mass is 127. The lowest BCUT2D eigenvalue weighted by Crippen LogP contribution is -1.97. The third-order valence-electron chi connectivity index (χ3n) is 1.04. The second kappa shape index (κ2) is 8.43. The van der Waals surface area contributed by atoms with Gasteiger partial charge in [-0.3, -0.25) is 3.53 Å². The zero-order valence-electron chi connectivity index (χ0n) is 5.86. The van der Waals surface area contributed by atoms with Crippen LogP contribution in [0.2, 0.25) is 0 Å². The predicted octanol–water partition coefficient (Wildman–Crippen LogP) is 2.67. The Morgan fingerprint density at radius 2 is 2.22 bits per heavy atom. The molecule has 0 aromatic carbocycles. The molecule has 0 aromatic heterocycles. The molecule has 0 saturated heterocycles. The average molecular weight is 239 g/mol. The molecule has 1 N–H and O–H groups in total. The van der Waals surface area contributed by atoms with Crippen molar-refractivity contribution >= 4 is 22.9 Å². The van der Waals surface area contributed by atoms with Crippen molar-refractivity contribution in [2.24, 2.45) is 0 Å². The van der Waals surface area contributed by atoms with Crippen molar-refractivity contribution < 1.29 is 0 Å². The molecule has 0 fully saturated rings. The molecule has 0 atom stereocenters. The Hall–Kier alpha value is 0.430. The van der Waals surface area contributed by atoms with E-state index in [9.17, 15) is 0 Å². The van der Waals surface area contributed by atoms with Gasteiger partial charge in [0.1, 0.15) is 0 Å². The minimum Gasteiger partial charge on any atom is -0.261 e. The Kier molecular flexibility index (Phi) is 8.83. The van der Waals surface area contributed by atoms with Crippen LogP contribution in [-0.2, 0) is 0 Å². The maximum Gasteiger partial charge on any atom is 0.0169 e. The van der Waals surface area contributed by atoms with Crippen LogP contribution in [0.25, 0.3) is 0 Å². The smallest absolute Gasteiger partial charge is 0.0169 e. The van der Waals surface area contributed by atoms with Crippen molar-refractivity contribution in [1.29, 1.82) is 0 Å². The third kappa shape index (κ3) is 8.43. The van der Waals surface area contributed by atoms with Gasteiger partial charge in [0.05, 0.1) is 0 Å². The minimum atomic E-state index is 1.12. The second-order valence-corrected chi connectivity index (χ2v) is 2.67. The molecule has 2 heteroatoms. The average Bonchev–Trinajstić information content (AvgIpc) is 1.89. The van der Waals surface area contributed by atoms with Crippen LogP contribution < -0.4 is 3.53 Å². The van der Waals surface area contributed by atoms with Crippen molar-refractivity contribution in [2.45, 2.75) is 26.2 Å². The summed E-state index contributed by atoms with van der Waals surface area (Å²) in [6.45, 7) is 3.28. The van der Waals surface area contributed by atoms with Gasteiger partial charge in [0.25, 0.3) is 0 Å². The highest BCUT2D eigenvalue weighted by molar-refractivity contribution is 14.1. The number of unbranched alkanes of at least 4 members (excludes halogenated alkanes) is 1. The fourth-order valence-electron chi connectivity index (χ4n) is 0.571. The summed E-state index contributed by atoms with van der Waals surface area (Å²) in [6, 6.07) is 0. The van der Waals surface area contributed by atoms with Crippen LogP contribution in [-0.4, -0.2) is 6.54 Å². The van der Waals surface area contributed by atoms with Gasteiger partial charge in [0.15, 0.2) is 0 Å². The summed E-state index contributed by atoms with van der Waals surface area (Å²) < 4.78 is 3.08. The van der Waals surface area contributed by atoms with E-state index in [4.69, 9.17) is 0 Å². The van der Waals surface area contributed by atoms with Gasteiger partial charge >= 0.3 is 0 Å². The summed E-state index contributed by atoms with van der Waals surface area (Å²) in [5.41, 5.74) is 0. The topological polar surface area (TPSA) is 12.0 Å². The number of hydrogen-bond acceptors (Lipinski definition) is 1. The maximum atomic E-state index is 3.08. The molecule has 0 amide bonds. The van der Waals surface area contributed by atoms with E-state index in [2.05, 4.69) is 45.5 Å². The molecule has 0 spiro atoms. The number of nitrogens with one attached hydrogen (secondary N) is 1. The number of halogens is 1. The van der Waals surface area contributed by atoms with E-state index in [0.717, 1.165) is 13.0 Å². The molecule has 0 aliphatic rings. The van der Waals surface area contributed by atoms with Gasteiger partial charge in [-0.25, -0.2) is 0 Å². The highest BCUT2D eigenvalue weighted by Gasteiger charge is 1.79. The highest BCUT2D eigenvalue weighted by Crippen LogP contribution is 1.91. The quantitative estimate of drug-likeness (QED) is 0.336. The molecule has 0 aromatic rings. The fourth-order valence-corrected chi connectivity index (χ4v) is 0.953. The van der Waals surface area contributed by atoms with Gasteiger partial charge < -0.3 is 0 Å². The van der Waals surface area contributed by atoms with Crippen molar-refractivity contribution in [3.8, 4) is 0 Å². The predicted molar refractivity (Wildman–Crippen MR) is 50.7 cm³/mol. The molecule has 9 heavy (non-hydrogen) atoms. The second-order valence-electron chi connectivity index (χ2n) is 1.91. The Balaban J connectivity index is 2.82. The van der Waals surface area contributed by atoms with E-state index < -0.39 is 0 Å². The molecule has 0 aliphatic heterocycles. The summed E-state index contributed by atoms with van der Waals surface area (Å²) in [4.78, 5) is 0. The first-order valence-electron chi connectivity index (χ1n) is 3.40. The van der Waals surface area contributed by atoms with Crippen LogP contribution >= 0.6 is 22.9 Å². The van der Waals surface area contributed by atoms with Crippen LogP contribution in [0.3, 0.4) is 0 Å². The standard InChI is InChI=1S/C7H14IN/c1-2-3-4-5-6-7-9-8/h3-4,9H,2,5-7H2,1H3/b4-3+. The van der Waals surface area contributed by atoms with Gasteiger partial charge in [-0.1, -0.05) is 19.1 Å². The normalized spacial score (nSPS) is 10.9. The van der Waals surface area contributed by atoms with E-state index in [1.54, 1.807) is 0 Å². The first-order chi connectivity index (χ1) is 4.41. The van der Waals surface area contributed by atoms with Gasteiger partial charge in [0.2, 0.25) is 0 Å². The molecule has 54 valence electrons. The molecule has 0 unspecified atom stereocenters. The van der Waals surface area contributed by atoms with E-state index in [-0.39, 0.29) is 0 Å². The van der Waals surface area contributed by atoms with Crippen molar-refractivity contribution in [1.82, 2.24) is 3.53 Å². The Morgan fingerprint density at radius 3 is 2.78 bits per heavy atom. The van der Waals surface area contributed by atoms with E-state index >= 15 is 0 Å². The Labute approximate surface area is 71.4 Å². The largest absolute Gasteiger partial charge is 0.261 e. The van der Waals surface area contributed by atoms with Crippen LogP contribution in [0.15, 0.2) is 12.2 Å². The van der Waals surface area contributed by atoms with Gasteiger partial charge in [0, 0.05) is 29.4 Å². The van der Waals surface area contributed by atoms with Gasteiger partial charge in [-0.15, -0.1) is 0 Å². The Morgan fingerprint density at radius 1 is 1.44 bits per heavy atom. The number of allylic oxidation sites excluding steroid dienone is 2. The summed E-state index contributed by atoms with van der Waals surface area (Å²) in [7, 11) is 0. The zero-order valence-corrected chi connectivity index (χ0v) is 8.02. The van der Waals surface area contributed by atoms with Crippen LogP contribution in [0.4, 0.5) is 0 Å². The minimum absolute atomic E-state index is 1.12. The van der Waals surface area contributed by atoms with E-state index in [1.165, 1.54) is 12.8 Å². The lowest BCUT2D eigenvalue weighted by molar-refractivity contribution is 0.829. The SMILES string of the molecule is CC/C=C/CCCNI. The van der Waals surface area contributed by atoms with Crippen molar-refractivity contribution in [3.05, 3.63) is 12.2 Å².